The van der Waals surface area contributed by atoms with Crippen molar-refractivity contribution in [1.82, 2.24) is 15.6 Å². The molecule has 25 heavy (non-hydrogen) atoms. The summed E-state index contributed by atoms with van der Waals surface area (Å²) in [6, 6.07) is 7.64. The summed E-state index contributed by atoms with van der Waals surface area (Å²) >= 11 is 1.68. The molecule has 0 aliphatic carbocycles. The average Bonchev–Trinajstić information content (AvgIpc) is 3.03. The highest BCUT2D eigenvalue weighted by molar-refractivity contribution is 7.09. The number of aryl methyl sites for hydroxylation is 1. The van der Waals surface area contributed by atoms with Crippen molar-refractivity contribution in [2.45, 2.75) is 26.4 Å². The van der Waals surface area contributed by atoms with E-state index in [0.29, 0.717) is 6.54 Å². The van der Waals surface area contributed by atoms with E-state index >= 15 is 0 Å². The second-order valence-corrected chi connectivity index (χ2v) is 6.63. The largest absolute Gasteiger partial charge is 0.493 e. The minimum atomic E-state index is -0.0314. The van der Waals surface area contributed by atoms with Gasteiger partial charge in [-0.05, 0) is 26.0 Å². The van der Waals surface area contributed by atoms with Crippen LogP contribution >= 0.6 is 11.3 Å². The van der Waals surface area contributed by atoms with E-state index in [1.807, 2.05) is 38.1 Å². The van der Waals surface area contributed by atoms with Gasteiger partial charge in [0.2, 0.25) is 0 Å². The van der Waals surface area contributed by atoms with E-state index in [-0.39, 0.29) is 6.10 Å². The number of para-hydroxylation sites is 2. The molecule has 7 heteroatoms. The van der Waals surface area contributed by atoms with Gasteiger partial charge in [0, 0.05) is 25.4 Å². The third-order valence-corrected chi connectivity index (χ3v) is 4.34. The van der Waals surface area contributed by atoms with Gasteiger partial charge in [-0.1, -0.05) is 12.1 Å². The standard InChI is InChI=1S/C18H26N4O2S/c1-13(24-17-8-6-5-7-16(17)23-4)11-21-18(19-3)20-10-9-15-12-25-14(2)22-15/h5-8,12-13H,9-11H2,1-4H3,(H2,19,20,21). The van der Waals surface area contributed by atoms with E-state index in [1.54, 1.807) is 25.5 Å². The zero-order valence-electron chi connectivity index (χ0n) is 15.2. The quantitative estimate of drug-likeness (QED) is 0.558. The fourth-order valence-electron chi connectivity index (χ4n) is 2.27. The summed E-state index contributed by atoms with van der Waals surface area (Å²) in [5.41, 5.74) is 1.11. The van der Waals surface area contributed by atoms with Crippen molar-refractivity contribution in [3.8, 4) is 11.5 Å². The second kappa shape index (κ2) is 9.88. The van der Waals surface area contributed by atoms with Crippen molar-refractivity contribution in [2.24, 2.45) is 4.99 Å². The third-order valence-electron chi connectivity index (χ3n) is 3.52. The van der Waals surface area contributed by atoms with Gasteiger partial charge in [0.1, 0.15) is 6.10 Å². The van der Waals surface area contributed by atoms with Crippen molar-refractivity contribution >= 4 is 17.3 Å². The minimum absolute atomic E-state index is 0.0314. The molecule has 2 aromatic rings. The van der Waals surface area contributed by atoms with Gasteiger partial charge in [0.25, 0.3) is 0 Å². The maximum Gasteiger partial charge on any atom is 0.191 e. The molecule has 0 saturated carbocycles. The van der Waals surface area contributed by atoms with Crippen LogP contribution in [0, 0.1) is 6.92 Å². The van der Waals surface area contributed by atoms with Crippen molar-refractivity contribution in [3.63, 3.8) is 0 Å². The summed E-state index contributed by atoms with van der Waals surface area (Å²) in [7, 11) is 3.40. The van der Waals surface area contributed by atoms with Crippen LogP contribution in [-0.4, -0.2) is 44.3 Å². The number of ether oxygens (including phenoxy) is 2. The molecule has 1 aromatic carbocycles. The predicted octanol–water partition coefficient (Wildman–Crippen LogP) is 2.64. The molecular weight excluding hydrogens is 336 g/mol. The van der Waals surface area contributed by atoms with Gasteiger partial charge in [-0.25, -0.2) is 4.98 Å². The summed E-state index contributed by atoms with van der Waals surface area (Å²) in [6.45, 7) is 5.44. The van der Waals surface area contributed by atoms with Crippen LogP contribution in [0.3, 0.4) is 0 Å². The smallest absolute Gasteiger partial charge is 0.191 e. The zero-order valence-corrected chi connectivity index (χ0v) is 16.0. The van der Waals surface area contributed by atoms with Gasteiger partial charge < -0.3 is 20.1 Å². The van der Waals surface area contributed by atoms with E-state index in [0.717, 1.165) is 41.1 Å². The lowest BCUT2D eigenvalue weighted by Gasteiger charge is -2.19. The van der Waals surface area contributed by atoms with Crippen LogP contribution in [0.15, 0.2) is 34.6 Å². The van der Waals surface area contributed by atoms with Crippen molar-refractivity contribution in [1.29, 1.82) is 0 Å². The molecule has 0 amide bonds. The zero-order chi connectivity index (χ0) is 18.1. The van der Waals surface area contributed by atoms with Crippen molar-refractivity contribution in [3.05, 3.63) is 40.3 Å². The van der Waals surface area contributed by atoms with Crippen LogP contribution in [-0.2, 0) is 6.42 Å². The molecule has 2 N–H and O–H groups in total. The first-order valence-corrected chi connectivity index (χ1v) is 9.15. The van der Waals surface area contributed by atoms with Crippen LogP contribution in [0.5, 0.6) is 11.5 Å². The Morgan fingerprint density at radius 2 is 2.04 bits per heavy atom. The maximum atomic E-state index is 5.93. The molecule has 0 fully saturated rings. The van der Waals surface area contributed by atoms with Gasteiger partial charge in [0.05, 0.1) is 24.4 Å². The molecule has 0 aliphatic heterocycles. The molecule has 0 radical (unpaired) electrons. The van der Waals surface area contributed by atoms with E-state index < -0.39 is 0 Å². The van der Waals surface area contributed by atoms with Crippen LogP contribution in [0.4, 0.5) is 0 Å². The Morgan fingerprint density at radius 1 is 1.28 bits per heavy atom. The van der Waals surface area contributed by atoms with Crippen LogP contribution in [0.2, 0.25) is 0 Å². The molecule has 1 heterocycles. The molecule has 0 aliphatic rings. The number of benzene rings is 1. The summed E-state index contributed by atoms with van der Waals surface area (Å²) in [4.78, 5) is 8.69. The summed E-state index contributed by atoms with van der Waals surface area (Å²) < 4.78 is 11.2. The predicted molar refractivity (Wildman–Crippen MR) is 103 cm³/mol. The monoisotopic (exact) mass is 362 g/mol. The number of methoxy groups -OCH3 is 1. The van der Waals surface area contributed by atoms with Gasteiger partial charge >= 0.3 is 0 Å². The number of nitrogens with zero attached hydrogens (tertiary/aromatic N) is 2. The number of rotatable bonds is 8. The molecule has 0 bridgehead atoms. The Hall–Kier alpha value is -2.28. The number of guanidine groups is 1. The van der Waals surface area contributed by atoms with Gasteiger partial charge in [-0.3, -0.25) is 4.99 Å². The summed E-state index contributed by atoms with van der Waals surface area (Å²) in [6.07, 6.45) is 0.842. The van der Waals surface area contributed by atoms with Crippen LogP contribution in [0.25, 0.3) is 0 Å². The van der Waals surface area contributed by atoms with Crippen molar-refractivity contribution < 1.29 is 9.47 Å². The summed E-state index contributed by atoms with van der Waals surface area (Å²) in [5.74, 6) is 2.22. The fraction of sp³-hybridized carbons (Fsp3) is 0.444. The molecule has 6 nitrogen and oxygen atoms in total. The lowest BCUT2D eigenvalue weighted by molar-refractivity contribution is 0.213. The molecule has 0 saturated heterocycles. The maximum absolute atomic E-state index is 5.93. The first kappa shape index (κ1) is 19.1. The second-order valence-electron chi connectivity index (χ2n) is 5.57. The van der Waals surface area contributed by atoms with E-state index in [1.165, 1.54) is 0 Å². The molecule has 2 rings (SSSR count). The average molecular weight is 362 g/mol. The van der Waals surface area contributed by atoms with Crippen LogP contribution < -0.4 is 20.1 Å². The number of hydrogen-bond acceptors (Lipinski definition) is 5. The molecule has 1 atom stereocenters. The number of hydrogen-bond donors (Lipinski definition) is 2. The Morgan fingerprint density at radius 3 is 2.68 bits per heavy atom. The topological polar surface area (TPSA) is 67.8 Å². The molecule has 136 valence electrons. The van der Waals surface area contributed by atoms with E-state index in [9.17, 15) is 0 Å². The Bertz CT molecular complexity index is 687. The van der Waals surface area contributed by atoms with Gasteiger partial charge in [-0.2, -0.15) is 0 Å². The number of nitrogens with one attached hydrogen (secondary N) is 2. The molecule has 1 unspecified atom stereocenters. The Labute approximate surface area is 153 Å². The van der Waals surface area contributed by atoms with Crippen LogP contribution in [0.1, 0.15) is 17.6 Å². The molecule has 0 spiro atoms. The van der Waals surface area contributed by atoms with Gasteiger partial charge in [0.15, 0.2) is 17.5 Å². The molecule has 1 aromatic heterocycles. The lowest BCUT2D eigenvalue weighted by Crippen LogP contribution is -2.42. The minimum Gasteiger partial charge on any atom is -0.493 e. The molecular formula is C18H26N4O2S. The van der Waals surface area contributed by atoms with Gasteiger partial charge in [-0.15, -0.1) is 11.3 Å². The normalized spacial score (nSPS) is 12.6. The lowest BCUT2D eigenvalue weighted by atomic mass is 10.3. The number of aliphatic imine (C=N–C) groups is 1. The highest BCUT2D eigenvalue weighted by Crippen LogP contribution is 2.26. The fourth-order valence-corrected chi connectivity index (χ4v) is 2.91. The summed E-state index contributed by atoms with van der Waals surface area (Å²) in [5, 5.41) is 9.76. The Balaban J connectivity index is 1.74. The number of aromatic nitrogens is 1. The first-order chi connectivity index (χ1) is 12.1. The highest BCUT2D eigenvalue weighted by Gasteiger charge is 2.09. The SMILES string of the molecule is CN=C(NCCc1csc(C)n1)NCC(C)Oc1ccccc1OC. The first-order valence-electron chi connectivity index (χ1n) is 8.27. The Kier molecular flexibility index (Phi) is 7.53. The van der Waals surface area contributed by atoms with Crippen molar-refractivity contribution in [2.75, 3.05) is 27.2 Å². The third kappa shape index (κ3) is 6.26. The van der Waals surface area contributed by atoms with E-state index in [4.69, 9.17) is 9.47 Å². The highest BCUT2D eigenvalue weighted by atomic mass is 32.1. The van der Waals surface area contributed by atoms with E-state index in [2.05, 4.69) is 26.0 Å². The number of thiazole rings is 1.